The van der Waals surface area contributed by atoms with Gasteiger partial charge in [-0.1, -0.05) is 25.1 Å². The highest BCUT2D eigenvalue weighted by Crippen LogP contribution is 2.56. The second-order valence-electron chi connectivity index (χ2n) is 8.40. The molecule has 0 unspecified atom stereocenters. The Bertz CT molecular complexity index is 659. The van der Waals surface area contributed by atoms with Crippen LogP contribution in [0.2, 0.25) is 0 Å². The molecule has 3 aliphatic rings. The molecule has 0 amide bonds. The number of hydrogen-bond acceptors (Lipinski definition) is 4. The third-order valence-electron chi connectivity index (χ3n) is 6.74. The van der Waals surface area contributed by atoms with E-state index in [0.717, 1.165) is 31.4 Å². The fourth-order valence-corrected chi connectivity index (χ4v) is 5.36. The molecule has 0 bridgehead atoms. The Morgan fingerprint density at radius 2 is 2.36 bits per heavy atom. The summed E-state index contributed by atoms with van der Waals surface area (Å²) < 4.78 is 5.81. The Hall–Kier alpha value is -1.68. The molecule has 4 rings (SSSR count). The summed E-state index contributed by atoms with van der Waals surface area (Å²) in [5.41, 5.74) is 2.81. The van der Waals surface area contributed by atoms with Crippen molar-refractivity contribution in [3.8, 4) is 0 Å². The topological polar surface area (TPSA) is 51.2 Å². The van der Waals surface area contributed by atoms with Crippen LogP contribution in [0.15, 0.2) is 36.7 Å². The van der Waals surface area contributed by atoms with E-state index in [1.807, 2.05) is 18.3 Å². The van der Waals surface area contributed by atoms with E-state index in [1.54, 1.807) is 6.20 Å². The van der Waals surface area contributed by atoms with Gasteiger partial charge in [0.05, 0.1) is 5.92 Å². The van der Waals surface area contributed by atoms with Gasteiger partial charge in [-0.3, -0.25) is 9.78 Å². The van der Waals surface area contributed by atoms with Gasteiger partial charge in [0.2, 0.25) is 0 Å². The van der Waals surface area contributed by atoms with E-state index < -0.39 is 0 Å². The lowest BCUT2D eigenvalue weighted by atomic mass is 9.55. The van der Waals surface area contributed by atoms with Crippen molar-refractivity contribution < 1.29 is 9.53 Å². The molecule has 4 nitrogen and oxygen atoms in total. The number of rotatable bonds is 4. The highest BCUT2D eigenvalue weighted by Gasteiger charge is 2.54. The molecule has 1 aliphatic heterocycles. The second-order valence-corrected chi connectivity index (χ2v) is 8.40. The van der Waals surface area contributed by atoms with Crippen LogP contribution in [0.25, 0.3) is 0 Å². The molecular formula is C21H28N2O2. The van der Waals surface area contributed by atoms with Crippen LogP contribution in [0.4, 0.5) is 0 Å². The van der Waals surface area contributed by atoms with Crippen LogP contribution >= 0.6 is 0 Å². The molecule has 134 valence electrons. The first-order valence-electron chi connectivity index (χ1n) is 9.54. The fraction of sp³-hybridized carbons (Fsp3) is 0.619. The zero-order valence-corrected chi connectivity index (χ0v) is 15.0. The van der Waals surface area contributed by atoms with Gasteiger partial charge in [0.15, 0.2) is 0 Å². The van der Waals surface area contributed by atoms with Crippen molar-refractivity contribution in [2.24, 2.45) is 23.2 Å². The van der Waals surface area contributed by atoms with E-state index in [4.69, 9.17) is 4.74 Å². The highest BCUT2D eigenvalue weighted by atomic mass is 16.6. The number of carbonyl (C=O) groups excluding carboxylic acids is 1. The molecule has 5 atom stereocenters. The van der Waals surface area contributed by atoms with Crippen LogP contribution in [0, 0.1) is 23.2 Å². The molecule has 25 heavy (non-hydrogen) atoms. The van der Waals surface area contributed by atoms with E-state index in [1.165, 1.54) is 18.4 Å². The van der Waals surface area contributed by atoms with Crippen molar-refractivity contribution in [2.75, 3.05) is 6.54 Å². The van der Waals surface area contributed by atoms with Crippen molar-refractivity contribution in [3.63, 3.8) is 0 Å². The van der Waals surface area contributed by atoms with E-state index >= 15 is 0 Å². The van der Waals surface area contributed by atoms with Gasteiger partial charge < -0.3 is 10.1 Å². The number of ether oxygens (including phenoxy) is 1. The first-order valence-corrected chi connectivity index (χ1v) is 9.54. The average Bonchev–Trinajstić information content (AvgIpc) is 2.88. The lowest BCUT2D eigenvalue weighted by molar-refractivity contribution is -0.146. The smallest absolute Gasteiger partial charge is 0.310 e. The van der Waals surface area contributed by atoms with Crippen molar-refractivity contribution in [2.45, 2.75) is 51.7 Å². The Morgan fingerprint density at radius 1 is 1.48 bits per heavy atom. The predicted molar refractivity (Wildman–Crippen MR) is 96.6 cm³/mol. The molecule has 1 aromatic heterocycles. The summed E-state index contributed by atoms with van der Waals surface area (Å²) >= 11 is 0. The standard InChI is InChI=1S/C21H28N2O2/c1-14-5-3-7-21(2)10-19-16(9-18(14)21)17(20(24)25-19)13-23-12-15-6-4-8-22-11-15/h4,6,8,11,16-19,23H,1,3,5,7,9-10,12-13H2,2H3/t16-,17+,18-,19+,21+/m0/s1. The van der Waals surface area contributed by atoms with E-state index in [0.29, 0.717) is 18.4 Å². The molecule has 0 radical (unpaired) electrons. The van der Waals surface area contributed by atoms with Crippen LogP contribution in [0.1, 0.15) is 44.6 Å². The van der Waals surface area contributed by atoms with Gasteiger partial charge in [-0.2, -0.15) is 0 Å². The largest absolute Gasteiger partial charge is 0.462 e. The summed E-state index contributed by atoms with van der Waals surface area (Å²) in [6, 6.07) is 3.99. The minimum Gasteiger partial charge on any atom is -0.462 e. The molecule has 0 spiro atoms. The van der Waals surface area contributed by atoms with Crippen molar-refractivity contribution in [3.05, 3.63) is 42.2 Å². The van der Waals surface area contributed by atoms with Crippen LogP contribution < -0.4 is 5.32 Å². The van der Waals surface area contributed by atoms with Gasteiger partial charge in [-0.25, -0.2) is 0 Å². The van der Waals surface area contributed by atoms with Gasteiger partial charge in [0, 0.05) is 31.4 Å². The van der Waals surface area contributed by atoms with E-state index in [9.17, 15) is 4.79 Å². The average molecular weight is 340 g/mol. The maximum Gasteiger partial charge on any atom is 0.310 e. The lowest BCUT2D eigenvalue weighted by Gasteiger charge is -2.50. The highest BCUT2D eigenvalue weighted by molar-refractivity contribution is 5.75. The van der Waals surface area contributed by atoms with Crippen LogP contribution in [0.3, 0.4) is 0 Å². The number of carbonyl (C=O) groups is 1. The number of nitrogens with one attached hydrogen (secondary N) is 1. The van der Waals surface area contributed by atoms with Crippen LogP contribution in [-0.4, -0.2) is 23.6 Å². The Kier molecular flexibility index (Phi) is 4.40. The molecule has 2 saturated carbocycles. The van der Waals surface area contributed by atoms with Crippen molar-refractivity contribution in [1.29, 1.82) is 0 Å². The van der Waals surface area contributed by atoms with Crippen LogP contribution in [-0.2, 0) is 16.1 Å². The number of aromatic nitrogens is 1. The number of nitrogens with zero attached hydrogens (tertiary/aromatic N) is 1. The molecule has 2 aliphatic carbocycles. The van der Waals surface area contributed by atoms with Crippen molar-refractivity contribution >= 4 is 5.97 Å². The zero-order chi connectivity index (χ0) is 17.4. The van der Waals surface area contributed by atoms with Crippen LogP contribution in [0.5, 0.6) is 0 Å². The monoisotopic (exact) mass is 340 g/mol. The first-order chi connectivity index (χ1) is 12.1. The van der Waals surface area contributed by atoms with Gasteiger partial charge in [0.25, 0.3) is 0 Å². The zero-order valence-electron chi connectivity index (χ0n) is 15.0. The number of pyridine rings is 1. The molecule has 1 N–H and O–H groups in total. The third kappa shape index (κ3) is 3.12. The Balaban J connectivity index is 1.42. The Labute approximate surface area is 150 Å². The van der Waals surface area contributed by atoms with Gasteiger partial charge >= 0.3 is 5.97 Å². The summed E-state index contributed by atoms with van der Waals surface area (Å²) in [7, 11) is 0. The molecule has 3 fully saturated rings. The van der Waals surface area contributed by atoms with Gasteiger partial charge in [0.1, 0.15) is 6.10 Å². The van der Waals surface area contributed by atoms with Gasteiger partial charge in [-0.05, 0) is 55.1 Å². The summed E-state index contributed by atoms with van der Waals surface area (Å²) in [6.07, 6.45) is 9.42. The number of hydrogen-bond donors (Lipinski definition) is 1. The summed E-state index contributed by atoms with van der Waals surface area (Å²) in [5.74, 6) is 0.849. The summed E-state index contributed by atoms with van der Waals surface area (Å²) in [6.45, 7) is 8.15. The maximum atomic E-state index is 12.5. The summed E-state index contributed by atoms with van der Waals surface area (Å²) in [5, 5.41) is 3.44. The molecule has 0 aromatic carbocycles. The Morgan fingerprint density at radius 3 is 3.16 bits per heavy atom. The number of fused-ring (bicyclic) bond motifs is 2. The van der Waals surface area contributed by atoms with Gasteiger partial charge in [-0.15, -0.1) is 0 Å². The number of esters is 1. The third-order valence-corrected chi connectivity index (χ3v) is 6.74. The molecule has 4 heteroatoms. The first kappa shape index (κ1) is 16.8. The molecule has 2 heterocycles. The van der Waals surface area contributed by atoms with E-state index in [-0.39, 0.29) is 23.4 Å². The van der Waals surface area contributed by atoms with Crippen molar-refractivity contribution in [1.82, 2.24) is 10.3 Å². The fourth-order valence-electron chi connectivity index (χ4n) is 5.36. The maximum absolute atomic E-state index is 12.5. The second kappa shape index (κ2) is 6.56. The molecule has 1 saturated heterocycles. The number of allylic oxidation sites excluding steroid dienone is 1. The SMILES string of the molecule is C=C1CCC[C@]2(C)C[C@H]3OC(=O)[C@H](CNCc4cccnc4)[C@@H]3C[C@@H]12. The van der Waals surface area contributed by atoms with E-state index in [2.05, 4.69) is 23.8 Å². The summed E-state index contributed by atoms with van der Waals surface area (Å²) in [4.78, 5) is 16.6. The quantitative estimate of drug-likeness (QED) is 0.673. The lowest BCUT2D eigenvalue weighted by Crippen LogP contribution is -2.45. The minimum absolute atomic E-state index is 0.0125. The molecular weight excluding hydrogens is 312 g/mol. The minimum atomic E-state index is -0.0269. The normalized spacial score (nSPS) is 37.3. The predicted octanol–water partition coefficient (Wildman–Crippen LogP) is 3.49. The molecule has 1 aromatic rings.